The SMILES string of the molecule is CC[C@@H](C)N(Cc1ccncc1)Cc1cc(C#CCO)cs1. The molecule has 0 spiro atoms. The van der Waals surface area contributed by atoms with Crippen molar-refractivity contribution in [1.82, 2.24) is 9.88 Å². The van der Waals surface area contributed by atoms with Gasteiger partial charge in [-0.05, 0) is 37.1 Å². The molecule has 0 aliphatic rings. The maximum Gasteiger partial charge on any atom is 0.104 e. The first-order valence-corrected chi connectivity index (χ1v) is 8.41. The van der Waals surface area contributed by atoms with E-state index in [2.05, 4.69) is 59.2 Å². The molecule has 22 heavy (non-hydrogen) atoms. The largest absolute Gasteiger partial charge is 0.384 e. The van der Waals surface area contributed by atoms with Crippen molar-refractivity contribution in [2.24, 2.45) is 0 Å². The van der Waals surface area contributed by atoms with Gasteiger partial charge in [0, 0.05) is 47.3 Å². The van der Waals surface area contributed by atoms with Crippen LogP contribution in [0.3, 0.4) is 0 Å². The maximum absolute atomic E-state index is 8.77. The number of nitrogens with zero attached hydrogens (tertiary/aromatic N) is 2. The smallest absolute Gasteiger partial charge is 0.104 e. The number of aromatic nitrogens is 1. The van der Waals surface area contributed by atoms with E-state index in [1.165, 1.54) is 10.4 Å². The van der Waals surface area contributed by atoms with Crippen LogP contribution in [-0.2, 0) is 13.1 Å². The zero-order valence-corrected chi connectivity index (χ0v) is 13.9. The molecule has 3 nitrogen and oxygen atoms in total. The van der Waals surface area contributed by atoms with Crippen molar-refractivity contribution in [3.05, 3.63) is 52.0 Å². The van der Waals surface area contributed by atoms with Gasteiger partial charge in [0.1, 0.15) is 6.61 Å². The summed E-state index contributed by atoms with van der Waals surface area (Å²) in [6.45, 7) is 6.24. The number of hydrogen-bond donors (Lipinski definition) is 1. The molecule has 0 bridgehead atoms. The summed E-state index contributed by atoms with van der Waals surface area (Å²) in [5, 5.41) is 10.8. The summed E-state index contributed by atoms with van der Waals surface area (Å²) in [5.41, 5.74) is 2.27. The van der Waals surface area contributed by atoms with Crippen molar-refractivity contribution < 1.29 is 5.11 Å². The van der Waals surface area contributed by atoms with Gasteiger partial charge in [0.2, 0.25) is 0 Å². The van der Waals surface area contributed by atoms with Crippen molar-refractivity contribution in [3.63, 3.8) is 0 Å². The van der Waals surface area contributed by atoms with Gasteiger partial charge in [-0.2, -0.15) is 0 Å². The third-order valence-electron chi connectivity index (χ3n) is 3.67. The number of thiophene rings is 1. The fourth-order valence-corrected chi connectivity index (χ4v) is 3.06. The Hall–Kier alpha value is -1.67. The molecule has 2 heterocycles. The summed E-state index contributed by atoms with van der Waals surface area (Å²) in [6, 6.07) is 6.78. The zero-order valence-electron chi connectivity index (χ0n) is 13.1. The average molecular weight is 314 g/mol. The standard InChI is InChI=1S/C18H22N2OS/c1-3-15(2)20(12-16-6-8-19-9-7-16)13-18-11-17(14-22-18)5-4-10-21/h6-9,11,14-15,21H,3,10,12-13H2,1-2H3/t15-/m1/s1. The second-order valence-electron chi connectivity index (χ2n) is 5.28. The highest BCUT2D eigenvalue weighted by molar-refractivity contribution is 7.10. The summed E-state index contributed by atoms with van der Waals surface area (Å²) in [5.74, 6) is 5.66. The molecule has 0 aromatic carbocycles. The first-order chi connectivity index (χ1) is 10.7. The molecule has 0 aliphatic carbocycles. The Balaban J connectivity index is 2.08. The van der Waals surface area contributed by atoms with E-state index in [-0.39, 0.29) is 6.61 Å². The summed E-state index contributed by atoms with van der Waals surface area (Å²) < 4.78 is 0. The second-order valence-corrected chi connectivity index (χ2v) is 6.28. The van der Waals surface area contributed by atoms with Gasteiger partial charge in [0.05, 0.1) is 0 Å². The van der Waals surface area contributed by atoms with Crippen LogP contribution in [-0.4, -0.2) is 27.6 Å². The van der Waals surface area contributed by atoms with Crippen LogP contribution in [0.2, 0.25) is 0 Å². The van der Waals surface area contributed by atoms with E-state index in [0.717, 1.165) is 25.1 Å². The molecule has 1 N–H and O–H groups in total. The molecule has 0 radical (unpaired) electrons. The lowest BCUT2D eigenvalue weighted by molar-refractivity contribution is 0.188. The lowest BCUT2D eigenvalue weighted by Gasteiger charge is -2.28. The Kier molecular flexibility index (Phi) is 6.60. The monoisotopic (exact) mass is 314 g/mol. The Morgan fingerprint density at radius 2 is 2.09 bits per heavy atom. The van der Waals surface area contributed by atoms with E-state index in [1.54, 1.807) is 11.3 Å². The molecular formula is C18H22N2OS. The maximum atomic E-state index is 8.77. The van der Waals surface area contributed by atoms with Crippen molar-refractivity contribution in [1.29, 1.82) is 0 Å². The number of aliphatic hydroxyl groups is 1. The summed E-state index contributed by atoms with van der Waals surface area (Å²) >= 11 is 1.73. The predicted molar refractivity (Wildman–Crippen MR) is 91.5 cm³/mol. The van der Waals surface area contributed by atoms with Crippen LogP contribution < -0.4 is 0 Å². The highest BCUT2D eigenvalue weighted by Gasteiger charge is 2.14. The van der Waals surface area contributed by atoms with Crippen LogP contribution in [0.25, 0.3) is 0 Å². The van der Waals surface area contributed by atoms with Crippen molar-refractivity contribution in [2.45, 2.75) is 39.4 Å². The van der Waals surface area contributed by atoms with Crippen molar-refractivity contribution in [2.75, 3.05) is 6.61 Å². The molecule has 2 aromatic rings. The van der Waals surface area contributed by atoms with Crippen LogP contribution in [0.5, 0.6) is 0 Å². The number of rotatable bonds is 6. The molecular weight excluding hydrogens is 292 g/mol. The normalized spacial score (nSPS) is 12.0. The van der Waals surface area contributed by atoms with E-state index >= 15 is 0 Å². The minimum atomic E-state index is -0.0911. The Labute approximate surface area is 136 Å². The van der Waals surface area contributed by atoms with Gasteiger partial charge < -0.3 is 5.11 Å². The minimum absolute atomic E-state index is 0.0911. The van der Waals surface area contributed by atoms with Gasteiger partial charge >= 0.3 is 0 Å². The van der Waals surface area contributed by atoms with Gasteiger partial charge in [-0.15, -0.1) is 11.3 Å². The first-order valence-electron chi connectivity index (χ1n) is 7.53. The summed E-state index contributed by atoms with van der Waals surface area (Å²) in [4.78, 5) is 7.86. The van der Waals surface area contributed by atoms with Crippen LogP contribution in [0.4, 0.5) is 0 Å². The molecule has 2 aromatic heterocycles. The minimum Gasteiger partial charge on any atom is -0.384 e. The van der Waals surface area contributed by atoms with Gasteiger partial charge in [0.15, 0.2) is 0 Å². The fourth-order valence-electron chi connectivity index (χ4n) is 2.22. The zero-order chi connectivity index (χ0) is 15.8. The first kappa shape index (κ1) is 16.7. The Morgan fingerprint density at radius 1 is 1.32 bits per heavy atom. The molecule has 0 amide bonds. The lowest BCUT2D eigenvalue weighted by Crippen LogP contribution is -2.31. The summed E-state index contributed by atoms with van der Waals surface area (Å²) in [6.07, 6.45) is 4.81. The van der Waals surface area contributed by atoms with Crippen LogP contribution in [0.15, 0.2) is 36.0 Å². The Morgan fingerprint density at radius 3 is 2.77 bits per heavy atom. The molecule has 0 fully saturated rings. The highest BCUT2D eigenvalue weighted by Crippen LogP contribution is 2.20. The van der Waals surface area contributed by atoms with E-state index in [4.69, 9.17) is 5.11 Å². The average Bonchev–Trinajstić information content (AvgIpc) is 3.00. The van der Waals surface area contributed by atoms with E-state index in [1.807, 2.05) is 12.4 Å². The van der Waals surface area contributed by atoms with Crippen molar-refractivity contribution >= 4 is 11.3 Å². The second kappa shape index (κ2) is 8.70. The molecule has 0 unspecified atom stereocenters. The Bertz CT molecular complexity index is 627. The molecule has 2 rings (SSSR count). The third kappa shape index (κ3) is 4.96. The number of aliphatic hydroxyl groups excluding tert-OH is 1. The highest BCUT2D eigenvalue weighted by atomic mass is 32.1. The molecule has 0 saturated heterocycles. The van der Waals surface area contributed by atoms with E-state index in [9.17, 15) is 0 Å². The van der Waals surface area contributed by atoms with Gasteiger partial charge in [0.25, 0.3) is 0 Å². The van der Waals surface area contributed by atoms with E-state index in [0.29, 0.717) is 6.04 Å². The number of hydrogen-bond acceptors (Lipinski definition) is 4. The molecule has 116 valence electrons. The number of pyridine rings is 1. The summed E-state index contributed by atoms with van der Waals surface area (Å²) in [7, 11) is 0. The quantitative estimate of drug-likeness (QED) is 0.831. The van der Waals surface area contributed by atoms with Gasteiger partial charge in [-0.3, -0.25) is 9.88 Å². The van der Waals surface area contributed by atoms with Crippen molar-refractivity contribution in [3.8, 4) is 11.8 Å². The van der Waals surface area contributed by atoms with Crippen LogP contribution >= 0.6 is 11.3 Å². The van der Waals surface area contributed by atoms with Gasteiger partial charge in [-0.25, -0.2) is 0 Å². The van der Waals surface area contributed by atoms with E-state index < -0.39 is 0 Å². The van der Waals surface area contributed by atoms with Gasteiger partial charge in [-0.1, -0.05) is 18.8 Å². The molecule has 0 saturated carbocycles. The molecule has 4 heteroatoms. The predicted octanol–water partition coefficient (Wildman–Crippen LogP) is 3.29. The third-order valence-corrected chi connectivity index (χ3v) is 4.60. The van der Waals surface area contributed by atoms with Crippen LogP contribution in [0.1, 0.15) is 36.3 Å². The molecule has 0 aliphatic heterocycles. The lowest BCUT2D eigenvalue weighted by atomic mass is 10.1. The fraction of sp³-hybridized carbons (Fsp3) is 0.389. The van der Waals surface area contributed by atoms with Crippen LogP contribution in [0, 0.1) is 11.8 Å². The molecule has 1 atom stereocenters. The topological polar surface area (TPSA) is 36.4 Å².